The second kappa shape index (κ2) is 7.38. The van der Waals surface area contributed by atoms with Gasteiger partial charge in [0.2, 0.25) is 11.8 Å². The van der Waals surface area contributed by atoms with Crippen LogP contribution in [-0.4, -0.2) is 21.8 Å². The second-order valence-corrected chi connectivity index (χ2v) is 6.35. The Balaban J connectivity index is 1.54. The third kappa shape index (κ3) is 4.07. The maximum absolute atomic E-state index is 12.0. The zero-order chi connectivity index (χ0) is 16.9. The summed E-state index contributed by atoms with van der Waals surface area (Å²) in [6.07, 6.45) is 1.95. The summed E-state index contributed by atoms with van der Waals surface area (Å²) >= 11 is 0. The van der Waals surface area contributed by atoms with Crippen molar-refractivity contribution in [1.82, 2.24) is 15.5 Å². The molecular formula is C18H21N3O3. The largest absolute Gasteiger partial charge is 0.352 e. The van der Waals surface area contributed by atoms with E-state index in [1.807, 2.05) is 37.3 Å². The van der Waals surface area contributed by atoms with Gasteiger partial charge in [0.25, 0.3) is 0 Å². The first-order valence-corrected chi connectivity index (χ1v) is 8.26. The summed E-state index contributed by atoms with van der Waals surface area (Å²) in [6, 6.07) is 9.72. The van der Waals surface area contributed by atoms with E-state index in [4.69, 9.17) is 4.52 Å². The van der Waals surface area contributed by atoms with Gasteiger partial charge in [0, 0.05) is 25.3 Å². The highest BCUT2D eigenvalue weighted by molar-refractivity contribution is 5.79. The molecule has 1 heterocycles. The first-order chi connectivity index (χ1) is 11.6. The molecule has 1 aliphatic rings. The Morgan fingerprint density at radius 1 is 1.33 bits per heavy atom. The second-order valence-electron chi connectivity index (χ2n) is 6.35. The molecule has 2 atom stereocenters. The molecule has 1 fully saturated rings. The number of amides is 1. The van der Waals surface area contributed by atoms with Gasteiger partial charge in [-0.3, -0.25) is 9.59 Å². The van der Waals surface area contributed by atoms with E-state index in [0.29, 0.717) is 36.9 Å². The predicted octanol–water partition coefficient (Wildman–Crippen LogP) is 2.40. The van der Waals surface area contributed by atoms with Gasteiger partial charge >= 0.3 is 0 Å². The first kappa shape index (κ1) is 16.4. The Labute approximate surface area is 140 Å². The highest BCUT2D eigenvalue weighted by Crippen LogP contribution is 2.35. The fourth-order valence-electron chi connectivity index (χ4n) is 3.06. The number of nitrogens with zero attached hydrogens (tertiary/aromatic N) is 2. The average Bonchev–Trinajstić information content (AvgIpc) is 3.02. The van der Waals surface area contributed by atoms with Crippen LogP contribution >= 0.6 is 0 Å². The molecular weight excluding hydrogens is 306 g/mol. The van der Waals surface area contributed by atoms with Gasteiger partial charge in [-0.05, 0) is 17.9 Å². The van der Waals surface area contributed by atoms with Gasteiger partial charge in [0.15, 0.2) is 5.82 Å². The van der Waals surface area contributed by atoms with Crippen LogP contribution in [0.5, 0.6) is 0 Å². The highest BCUT2D eigenvalue weighted by Gasteiger charge is 2.31. The molecule has 1 aromatic carbocycles. The topological polar surface area (TPSA) is 85.1 Å². The van der Waals surface area contributed by atoms with Crippen molar-refractivity contribution in [3.63, 3.8) is 0 Å². The van der Waals surface area contributed by atoms with E-state index in [9.17, 15) is 9.59 Å². The van der Waals surface area contributed by atoms with Crippen molar-refractivity contribution in [1.29, 1.82) is 0 Å². The third-order valence-electron chi connectivity index (χ3n) is 4.42. The number of aromatic nitrogens is 2. The fourth-order valence-corrected chi connectivity index (χ4v) is 3.06. The van der Waals surface area contributed by atoms with Crippen molar-refractivity contribution in [2.45, 2.75) is 45.1 Å². The number of hydrogen-bond donors (Lipinski definition) is 1. The Morgan fingerprint density at radius 3 is 2.88 bits per heavy atom. The van der Waals surface area contributed by atoms with Crippen molar-refractivity contribution in [3.05, 3.63) is 47.6 Å². The number of nitrogens with one attached hydrogen (secondary N) is 1. The Morgan fingerprint density at radius 2 is 2.12 bits per heavy atom. The van der Waals surface area contributed by atoms with Gasteiger partial charge in [-0.2, -0.15) is 4.98 Å². The molecule has 6 nitrogen and oxygen atoms in total. The molecule has 6 heteroatoms. The summed E-state index contributed by atoms with van der Waals surface area (Å²) in [7, 11) is 0. The van der Waals surface area contributed by atoms with Gasteiger partial charge < -0.3 is 9.84 Å². The van der Waals surface area contributed by atoms with E-state index in [-0.39, 0.29) is 24.2 Å². The van der Waals surface area contributed by atoms with Crippen LogP contribution in [0, 0.1) is 5.92 Å². The monoisotopic (exact) mass is 327 g/mol. The lowest BCUT2D eigenvalue weighted by atomic mass is 9.80. The van der Waals surface area contributed by atoms with E-state index in [0.717, 1.165) is 12.0 Å². The van der Waals surface area contributed by atoms with Crippen molar-refractivity contribution in [2.24, 2.45) is 5.92 Å². The van der Waals surface area contributed by atoms with Gasteiger partial charge in [0.1, 0.15) is 5.78 Å². The van der Waals surface area contributed by atoms with Crippen LogP contribution in [0.3, 0.4) is 0 Å². The van der Waals surface area contributed by atoms with Crippen molar-refractivity contribution < 1.29 is 14.1 Å². The van der Waals surface area contributed by atoms with Crippen LogP contribution in [0.25, 0.3) is 0 Å². The molecule has 1 N–H and O–H groups in total. The minimum absolute atomic E-state index is 0.0936. The van der Waals surface area contributed by atoms with Gasteiger partial charge in [0.05, 0.1) is 6.42 Å². The number of carbonyl (C=O) groups excluding carboxylic acids is 2. The van der Waals surface area contributed by atoms with Crippen LogP contribution in [0.2, 0.25) is 0 Å². The van der Waals surface area contributed by atoms with Crippen LogP contribution in [0.1, 0.15) is 49.4 Å². The molecule has 0 saturated heterocycles. The summed E-state index contributed by atoms with van der Waals surface area (Å²) in [5.41, 5.74) is 1.04. The third-order valence-corrected chi connectivity index (χ3v) is 4.42. The lowest BCUT2D eigenvalue weighted by molar-refractivity contribution is -0.122. The van der Waals surface area contributed by atoms with E-state index in [1.54, 1.807) is 0 Å². The maximum Gasteiger partial charge on any atom is 0.230 e. The molecule has 0 bridgehead atoms. The van der Waals surface area contributed by atoms with Gasteiger partial charge in [-0.25, -0.2) is 0 Å². The molecule has 126 valence electrons. The van der Waals surface area contributed by atoms with E-state index >= 15 is 0 Å². The number of benzene rings is 1. The Hall–Kier alpha value is -2.50. The standard InChI is InChI=1S/C18H21N3O3/c1-12-9-14(22)7-8-15(12)18-20-16(21-24-18)10-17(23)19-11-13-5-3-2-4-6-13/h2-6,12,15H,7-11H2,1H3,(H,19,23). The van der Waals surface area contributed by atoms with E-state index < -0.39 is 0 Å². The SMILES string of the molecule is CC1CC(=O)CCC1c1nc(CC(=O)NCc2ccccc2)no1. The van der Waals surface area contributed by atoms with Gasteiger partial charge in [-0.15, -0.1) is 0 Å². The number of carbonyl (C=O) groups is 2. The summed E-state index contributed by atoms with van der Waals surface area (Å²) in [5.74, 6) is 1.39. The summed E-state index contributed by atoms with van der Waals surface area (Å²) in [4.78, 5) is 27.8. The van der Waals surface area contributed by atoms with Crippen molar-refractivity contribution in [3.8, 4) is 0 Å². The van der Waals surface area contributed by atoms with Crippen LogP contribution in [-0.2, 0) is 22.6 Å². The number of ketones is 1. The van der Waals surface area contributed by atoms with Crippen molar-refractivity contribution in [2.75, 3.05) is 0 Å². The highest BCUT2D eigenvalue weighted by atomic mass is 16.5. The molecule has 0 aliphatic heterocycles. The molecule has 2 aromatic rings. The molecule has 1 aliphatic carbocycles. The van der Waals surface area contributed by atoms with E-state index in [2.05, 4.69) is 15.5 Å². The maximum atomic E-state index is 12.0. The predicted molar refractivity (Wildman–Crippen MR) is 87.1 cm³/mol. The number of hydrogen-bond acceptors (Lipinski definition) is 5. The zero-order valence-corrected chi connectivity index (χ0v) is 13.7. The quantitative estimate of drug-likeness (QED) is 0.911. The minimum Gasteiger partial charge on any atom is -0.352 e. The summed E-state index contributed by atoms with van der Waals surface area (Å²) in [6.45, 7) is 2.50. The molecule has 0 radical (unpaired) electrons. The molecule has 2 unspecified atom stereocenters. The summed E-state index contributed by atoms with van der Waals surface area (Å²) < 4.78 is 5.32. The smallest absolute Gasteiger partial charge is 0.230 e. The summed E-state index contributed by atoms with van der Waals surface area (Å²) in [5, 5.41) is 6.75. The van der Waals surface area contributed by atoms with Crippen LogP contribution in [0.4, 0.5) is 0 Å². The molecule has 1 aromatic heterocycles. The van der Waals surface area contributed by atoms with Crippen molar-refractivity contribution >= 4 is 11.7 Å². The van der Waals surface area contributed by atoms with Gasteiger partial charge in [-0.1, -0.05) is 42.4 Å². The number of rotatable bonds is 5. The minimum atomic E-state index is -0.141. The Kier molecular flexibility index (Phi) is 5.03. The average molecular weight is 327 g/mol. The lowest BCUT2D eigenvalue weighted by Gasteiger charge is -2.24. The lowest BCUT2D eigenvalue weighted by Crippen LogP contribution is -2.25. The van der Waals surface area contributed by atoms with E-state index in [1.165, 1.54) is 0 Å². The number of Topliss-reactive ketones (excluding diaryl/α,β-unsaturated/α-hetero) is 1. The van der Waals surface area contributed by atoms with Crippen LogP contribution < -0.4 is 5.32 Å². The Bertz CT molecular complexity index is 711. The van der Waals surface area contributed by atoms with Crippen LogP contribution in [0.15, 0.2) is 34.9 Å². The first-order valence-electron chi connectivity index (χ1n) is 8.26. The zero-order valence-electron chi connectivity index (χ0n) is 13.7. The molecule has 24 heavy (non-hydrogen) atoms. The molecule has 0 spiro atoms. The molecule has 3 rings (SSSR count). The molecule has 1 saturated carbocycles. The fraction of sp³-hybridized carbons (Fsp3) is 0.444. The molecule has 1 amide bonds. The normalized spacial score (nSPS) is 20.8.